The van der Waals surface area contributed by atoms with Crippen molar-refractivity contribution < 1.29 is 34.1 Å². The topological polar surface area (TPSA) is 142 Å². The van der Waals surface area contributed by atoms with E-state index in [1.54, 1.807) is 36.4 Å². The Hall–Kier alpha value is -3.88. The number of hydrogen-bond donors (Lipinski definition) is 4. The van der Waals surface area contributed by atoms with Gasteiger partial charge in [0, 0.05) is 12.8 Å². The number of aromatic hydroxyl groups is 1. The van der Waals surface area contributed by atoms with E-state index in [-0.39, 0.29) is 31.6 Å². The summed E-state index contributed by atoms with van der Waals surface area (Å²) in [7, 11) is 0. The molecule has 0 aliphatic rings. The molecule has 0 fully saturated rings. The zero-order valence-corrected chi connectivity index (χ0v) is 16.7. The van der Waals surface area contributed by atoms with Gasteiger partial charge in [-0.3, -0.25) is 4.79 Å². The van der Waals surface area contributed by atoms with E-state index in [4.69, 9.17) is 4.74 Å². The molecule has 0 bridgehead atoms. The number of ether oxygens (including phenoxy) is 1. The highest BCUT2D eigenvalue weighted by Gasteiger charge is 2.27. The maximum Gasteiger partial charge on any atom is 0.408 e. The van der Waals surface area contributed by atoms with Crippen LogP contribution in [0.2, 0.25) is 0 Å². The van der Waals surface area contributed by atoms with Gasteiger partial charge in [0.1, 0.15) is 30.7 Å². The van der Waals surface area contributed by atoms with E-state index in [1.807, 2.05) is 6.07 Å². The quantitative estimate of drug-likeness (QED) is 0.400. The summed E-state index contributed by atoms with van der Waals surface area (Å²) in [6, 6.07) is 12.4. The first-order valence-electron chi connectivity index (χ1n) is 9.61. The van der Waals surface area contributed by atoms with Gasteiger partial charge in [-0.2, -0.15) is 0 Å². The number of carbonyl (C=O) groups excluding carboxylic acids is 3. The number of aldehydes is 1. The molecule has 0 radical (unpaired) electrons. The summed E-state index contributed by atoms with van der Waals surface area (Å²) in [5.41, 5.74) is 1.34. The summed E-state index contributed by atoms with van der Waals surface area (Å²) in [5, 5.41) is 23.6. The van der Waals surface area contributed by atoms with E-state index in [9.17, 15) is 29.4 Å². The van der Waals surface area contributed by atoms with Crippen LogP contribution in [0.1, 0.15) is 24.0 Å². The van der Waals surface area contributed by atoms with E-state index < -0.39 is 30.1 Å². The van der Waals surface area contributed by atoms with E-state index in [0.717, 1.165) is 5.56 Å². The molecule has 0 heterocycles. The fourth-order valence-electron chi connectivity index (χ4n) is 2.75. The van der Waals surface area contributed by atoms with Crippen molar-refractivity contribution in [3.63, 3.8) is 0 Å². The Morgan fingerprint density at radius 1 is 0.935 bits per heavy atom. The van der Waals surface area contributed by atoms with Gasteiger partial charge in [-0.05, 0) is 29.7 Å². The largest absolute Gasteiger partial charge is 0.508 e. The smallest absolute Gasteiger partial charge is 0.408 e. The standard InChI is InChI=1S/C22H24N2O7/c25-12-4-7-18(24-22(30)31-14-16-5-2-1-3-6-16)20(27)23-19(21(28)29)13-15-8-10-17(26)11-9-15/h1-3,5-6,8-12,18-19,26H,4,7,13-14H2,(H,23,27)(H,24,30)(H,28,29). The van der Waals surface area contributed by atoms with Gasteiger partial charge in [0.25, 0.3) is 0 Å². The molecule has 0 saturated heterocycles. The van der Waals surface area contributed by atoms with Crippen LogP contribution in [0.4, 0.5) is 4.79 Å². The molecular weight excluding hydrogens is 404 g/mol. The third kappa shape index (κ3) is 8.17. The zero-order chi connectivity index (χ0) is 22.6. The minimum atomic E-state index is -1.27. The third-order valence-electron chi connectivity index (χ3n) is 4.39. The number of rotatable bonds is 11. The fourth-order valence-corrected chi connectivity index (χ4v) is 2.75. The van der Waals surface area contributed by atoms with E-state index >= 15 is 0 Å². The zero-order valence-electron chi connectivity index (χ0n) is 16.7. The predicted octanol–water partition coefficient (Wildman–Crippen LogP) is 1.78. The Morgan fingerprint density at radius 2 is 1.61 bits per heavy atom. The Labute approximate surface area is 179 Å². The maximum atomic E-state index is 12.6. The number of alkyl carbamates (subject to hydrolysis) is 1. The van der Waals surface area contributed by atoms with E-state index in [2.05, 4.69) is 10.6 Å². The van der Waals surface area contributed by atoms with Gasteiger partial charge < -0.3 is 30.4 Å². The summed E-state index contributed by atoms with van der Waals surface area (Å²) < 4.78 is 5.09. The molecule has 0 spiro atoms. The third-order valence-corrected chi connectivity index (χ3v) is 4.39. The molecule has 0 aliphatic carbocycles. The summed E-state index contributed by atoms with van der Waals surface area (Å²) in [4.78, 5) is 47.0. The van der Waals surface area contributed by atoms with Gasteiger partial charge in [-0.1, -0.05) is 42.5 Å². The van der Waals surface area contributed by atoms with Crippen molar-refractivity contribution in [2.75, 3.05) is 0 Å². The van der Waals surface area contributed by atoms with Gasteiger partial charge in [-0.15, -0.1) is 0 Å². The number of aliphatic carboxylic acids is 1. The second kappa shape index (κ2) is 12.0. The molecule has 4 N–H and O–H groups in total. The number of benzene rings is 2. The lowest BCUT2D eigenvalue weighted by Crippen LogP contribution is -2.52. The summed E-state index contributed by atoms with van der Waals surface area (Å²) in [6.45, 7) is -0.00665. The van der Waals surface area contributed by atoms with Gasteiger partial charge >= 0.3 is 12.1 Å². The lowest BCUT2D eigenvalue weighted by Gasteiger charge is -2.21. The van der Waals surface area contributed by atoms with Crippen LogP contribution in [-0.2, 0) is 32.1 Å². The Balaban J connectivity index is 1.98. The van der Waals surface area contributed by atoms with Crippen LogP contribution in [0, 0.1) is 0 Å². The van der Waals surface area contributed by atoms with Gasteiger partial charge in [0.05, 0.1) is 0 Å². The summed E-state index contributed by atoms with van der Waals surface area (Å²) >= 11 is 0. The number of hydrogen-bond acceptors (Lipinski definition) is 6. The van der Waals surface area contributed by atoms with Gasteiger partial charge in [0.15, 0.2) is 0 Å². The number of phenolic OH excluding ortho intramolecular Hbond substituents is 1. The van der Waals surface area contributed by atoms with Crippen LogP contribution in [0.5, 0.6) is 5.75 Å². The first kappa shape index (κ1) is 23.4. The van der Waals surface area contributed by atoms with E-state index in [0.29, 0.717) is 11.8 Å². The molecule has 2 unspecified atom stereocenters. The van der Waals surface area contributed by atoms with Crippen LogP contribution in [-0.4, -0.2) is 46.6 Å². The number of carboxylic acid groups (broad SMARTS) is 1. The minimum absolute atomic E-state index is 0.00665. The highest BCUT2D eigenvalue weighted by molar-refractivity contribution is 5.89. The first-order valence-corrected chi connectivity index (χ1v) is 9.61. The summed E-state index contributed by atoms with van der Waals surface area (Å²) in [5.74, 6) is -1.97. The maximum absolute atomic E-state index is 12.6. The average Bonchev–Trinajstić information content (AvgIpc) is 2.76. The molecule has 9 heteroatoms. The van der Waals surface area contributed by atoms with Gasteiger partial charge in [0.2, 0.25) is 5.91 Å². The van der Waals surface area contributed by atoms with Crippen molar-refractivity contribution >= 4 is 24.3 Å². The van der Waals surface area contributed by atoms with Crippen LogP contribution >= 0.6 is 0 Å². The second-order valence-corrected chi connectivity index (χ2v) is 6.77. The molecule has 2 rings (SSSR count). The number of carbonyl (C=O) groups is 4. The van der Waals surface area contributed by atoms with Crippen molar-refractivity contribution in [2.45, 2.75) is 38.0 Å². The summed E-state index contributed by atoms with van der Waals surface area (Å²) in [6.07, 6.45) is -0.309. The second-order valence-electron chi connectivity index (χ2n) is 6.77. The molecule has 9 nitrogen and oxygen atoms in total. The van der Waals surface area contributed by atoms with Crippen molar-refractivity contribution in [2.24, 2.45) is 0 Å². The number of amides is 2. The highest BCUT2D eigenvalue weighted by Crippen LogP contribution is 2.12. The Kier molecular flexibility index (Phi) is 9.03. The average molecular weight is 428 g/mol. The molecule has 164 valence electrons. The molecule has 2 atom stereocenters. The minimum Gasteiger partial charge on any atom is -0.508 e. The molecule has 2 amide bonds. The Bertz CT molecular complexity index is 884. The van der Waals surface area contributed by atoms with Crippen LogP contribution < -0.4 is 10.6 Å². The van der Waals surface area contributed by atoms with Crippen molar-refractivity contribution in [3.8, 4) is 5.75 Å². The van der Waals surface area contributed by atoms with Crippen LogP contribution in [0.15, 0.2) is 54.6 Å². The normalized spacial score (nSPS) is 12.3. The lowest BCUT2D eigenvalue weighted by atomic mass is 10.0. The van der Waals surface area contributed by atoms with Crippen molar-refractivity contribution in [3.05, 3.63) is 65.7 Å². The molecule has 0 aromatic heterocycles. The lowest BCUT2D eigenvalue weighted by molar-refractivity contribution is -0.142. The predicted molar refractivity (Wildman–Crippen MR) is 110 cm³/mol. The first-order chi connectivity index (χ1) is 14.9. The monoisotopic (exact) mass is 428 g/mol. The fraction of sp³-hybridized carbons (Fsp3) is 0.273. The number of phenols is 1. The molecule has 2 aromatic carbocycles. The number of nitrogens with one attached hydrogen (secondary N) is 2. The van der Waals surface area contributed by atoms with Crippen molar-refractivity contribution in [1.29, 1.82) is 0 Å². The highest BCUT2D eigenvalue weighted by atomic mass is 16.5. The van der Waals surface area contributed by atoms with Crippen LogP contribution in [0.25, 0.3) is 0 Å². The molecule has 31 heavy (non-hydrogen) atoms. The van der Waals surface area contributed by atoms with E-state index in [1.165, 1.54) is 12.1 Å². The molecule has 0 saturated carbocycles. The SMILES string of the molecule is O=CCCC(NC(=O)OCc1ccccc1)C(=O)NC(Cc1ccc(O)cc1)C(=O)O. The molecule has 0 aliphatic heterocycles. The van der Waals surface area contributed by atoms with Crippen molar-refractivity contribution in [1.82, 2.24) is 10.6 Å². The van der Waals surface area contributed by atoms with Gasteiger partial charge in [-0.25, -0.2) is 9.59 Å². The molecule has 2 aromatic rings. The van der Waals surface area contributed by atoms with Crippen LogP contribution in [0.3, 0.4) is 0 Å². The molecular formula is C22H24N2O7. The Morgan fingerprint density at radius 3 is 2.23 bits per heavy atom. The number of carboxylic acids is 1.